The zero-order chi connectivity index (χ0) is 13.4. The number of fused-ring (bicyclic) bond motifs is 1. The van der Waals surface area contributed by atoms with Crippen molar-refractivity contribution in [1.82, 2.24) is 24.3 Å². The van der Waals surface area contributed by atoms with Crippen molar-refractivity contribution in [3.05, 3.63) is 36.2 Å². The molecule has 0 saturated heterocycles. The van der Waals surface area contributed by atoms with E-state index in [2.05, 4.69) is 26.7 Å². The van der Waals surface area contributed by atoms with Crippen LogP contribution in [0.25, 0.3) is 11.0 Å². The number of anilines is 1. The molecule has 98 valence electrons. The number of benzene rings is 1. The molecule has 19 heavy (non-hydrogen) atoms. The summed E-state index contributed by atoms with van der Waals surface area (Å²) in [4.78, 5) is 4.63. The van der Waals surface area contributed by atoms with Gasteiger partial charge in [0.15, 0.2) is 5.82 Å². The average molecular weight is 256 g/mol. The lowest BCUT2D eigenvalue weighted by atomic mass is 10.3. The molecule has 0 saturated carbocycles. The molecule has 0 unspecified atom stereocenters. The number of rotatable bonds is 3. The van der Waals surface area contributed by atoms with E-state index in [1.807, 2.05) is 29.8 Å². The molecule has 3 rings (SSSR count). The highest BCUT2D eigenvalue weighted by atomic mass is 15.3. The van der Waals surface area contributed by atoms with Gasteiger partial charge in [0.2, 0.25) is 0 Å². The van der Waals surface area contributed by atoms with Crippen LogP contribution >= 0.6 is 0 Å². The maximum Gasteiger partial charge on any atom is 0.152 e. The first-order chi connectivity index (χ1) is 9.19. The Hall–Kier alpha value is -2.37. The van der Waals surface area contributed by atoms with E-state index < -0.39 is 0 Å². The van der Waals surface area contributed by atoms with Crippen LogP contribution in [-0.4, -0.2) is 24.3 Å². The molecule has 3 aromatic rings. The fraction of sp³-hybridized carbons (Fsp3) is 0.308. The van der Waals surface area contributed by atoms with E-state index in [1.54, 1.807) is 6.33 Å². The van der Waals surface area contributed by atoms with E-state index in [-0.39, 0.29) is 0 Å². The van der Waals surface area contributed by atoms with Gasteiger partial charge in [0.05, 0.1) is 17.6 Å². The van der Waals surface area contributed by atoms with Gasteiger partial charge in [-0.15, -0.1) is 10.2 Å². The molecule has 0 spiro atoms. The van der Waals surface area contributed by atoms with Crippen LogP contribution in [0.1, 0.15) is 18.6 Å². The number of hydrogen-bond donors (Lipinski definition) is 1. The lowest BCUT2D eigenvalue weighted by molar-refractivity contribution is 0.680. The third kappa shape index (κ3) is 1.95. The topological polar surface area (TPSA) is 74.6 Å². The van der Waals surface area contributed by atoms with Gasteiger partial charge in [-0.05, 0) is 18.2 Å². The molecule has 6 nitrogen and oxygen atoms in total. The summed E-state index contributed by atoms with van der Waals surface area (Å²) in [5.74, 6) is 1.94. The molecule has 0 aliphatic carbocycles. The van der Waals surface area contributed by atoms with Gasteiger partial charge in [0.1, 0.15) is 12.2 Å². The van der Waals surface area contributed by atoms with E-state index >= 15 is 0 Å². The minimum Gasteiger partial charge on any atom is -0.399 e. The third-order valence-corrected chi connectivity index (χ3v) is 3.27. The third-order valence-electron chi connectivity index (χ3n) is 3.27. The fourth-order valence-electron chi connectivity index (χ4n) is 2.23. The summed E-state index contributed by atoms with van der Waals surface area (Å²) in [5, 5.41) is 8.04. The summed E-state index contributed by atoms with van der Waals surface area (Å²) in [5.41, 5.74) is 8.55. The summed E-state index contributed by atoms with van der Waals surface area (Å²) >= 11 is 0. The summed E-state index contributed by atoms with van der Waals surface area (Å²) in [6.45, 7) is 2.76. The van der Waals surface area contributed by atoms with Gasteiger partial charge in [-0.25, -0.2) is 4.98 Å². The SMILES string of the molecule is CCc1nc2cc(N)ccc2n1Cc1nncn1C. The quantitative estimate of drug-likeness (QED) is 0.718. The molecule has 0 radical (unpaired) electrons. The molecule has 2 heterocycles. The Bertz CT molecular complexity index is 724. The number of nitrogens with zero attached hydrogens (tertiary/aromatic N) is 5. The van der Waals surface area contributed by atoms with E-state index in [1.165, 1.54) is 0 Å². The summed E-state index contributed by atoms with van der Waals surface area (Å²) in [6, 6.07) is 5.81. The number of nitrogens with two attached hydrogens (primary N) is 1. The monoisotopic (exact) mass is 256 g/mol. The number of nitrogen functional groups attached to an aromatic ring is 1. The van der Waals surface area contributed by atoms with Crippen LogP contribution in [0.15, 0.2) is 24.5 Å². The summed E-state index contributed by atoms with van der Waals surface area (Å²) < 4.78 is 4.08. The Morgan fingerprint density at radius 3 is 2.79 bits per heavy atom. The van der Waals surface area contributed by atoms with E-state index in [4.69, 9.17) is 5.73 Å². The minimum absolute atomic E-state index is 0.667. The van der Waals surface area contributed by atoms with Gasteiger partial charge in [-0.2, -0.15) is 0 Å². The fourth-order valence-corrected chi connectivity index (χ4v) is 2.23. The molecular formula is C13H16N6. The Balaban J connectivity index is 2.13. The van der Waals surface area contributed by atoms with Gasteiger partial charge in [0, 0.05) is 19.2 Å². The molecule has 2 aromatic heterocycles. The van der Waals surface area contributed by atoms with Crippen LogP contribution < -0.4 is 5.73 Å². The molecule has 2 N–H and O–H groups in total. The normalized spacial score (nSPS) is 11.3. The van der Waals surface area contributed by atoms with E-state index in [9.17, 15) is 0 Å². The van der Waals surface area contributed by atoms with E-state index in [0.29, 0.717) is 6.54 Å². The van der Waals surface area contributed by atoms with Crippen molar-refractivity contribution in [3.63, 3.8) is 0 Å². The Labute approximate surface area is 110 Å². The van der Waals surface area contributed by atoms with Crippen LogP contribution in [0.2, 0.25) is 0 Å². The van der Waals surface area contributed by atoms with Crippen LogP contribution in [-0.2, 0) is 20.0 Å². The molecule has 0 amide bonds. The van der Waals surface area contributed by atoms with Crippen molar-refractivity contribution >= 4 is 16.7 Å². The van der Waals surface area contributed by atoms with Crippen molar-refractivity contribution in [2.24, 2.45) is 7.05 Å². The van der Waals surface area contributed by atoms with Crippen LogP contribution in [0.3, 0.4) is 0 Å². The molecule has 1 aromatic carbocycles. The molecule has 0 bridgehead atoms. The van der Waals surface area contributed by atoms with Gasteiger partial charge < -0.3 is 14.9 Å². The first-order valence-electron chi connectivity index (χ1n) is 6.26. The van der Waals surface area contributed by atoms with Gasteiger partial charge >= 0.3 is 0 Å². The van der Waals surface area contributed by atoms with E-state index in [0.717, 1.165) is 34.8 Å². The first kappa shape index (κ1) is 11.7. The summed E-state index contributed by atoms with van der Waals surface area (Å²) in [7, 11) is 1.94. The smallest absolute Gasteiger partial charge is 0.152 e. The summed E-state index contributed by atoms with van der Waals surface area (Å²) in [6.07, 6.45) is 2.57. The lowest BCUT2D eigenvalue weighted by Gasteiger charge is -2.07. The molecule has 0 fully saturated rings. The average Bonchev–Trinajstić information content (AvgIpc) is 2.94. The van der Waals surface area contributed by atoms with Gasteiger partial charge in [-0.1, -0.05) is 6.92 Å². The van der Waals surface area contributed by atoms with Crippen molar-refractivity contribution in [2.45, 2.75) is 19.9 Å². The zero-order valence-electron chi connectivity index (χ0n) is 11.0. The van der Waals surface area contributed by atoms with Gasteiger partial charge in [-0.3, -0.25) is 0 Å². The number of aromatic nitrogens is 5. The largest absolute Gasteiger partial charge is 0.399 e. The second-order valence-corrected chi connectivity index (χ2v) is 4.57. The first-order valence-corrected chi connectivity index (χ1v) is 6.26. The zero-order valence-corrected chi connectivity index (χ0v) is 11.0. The van der Waals surface area contributed by atoms with Crippen molar-refractivity contribution in [1.29, 1.82) is 0 Å². The minimum atomic E-state index is 0.667. The van der Waals surface area contributed by atoms with Crippen molar-refractivity contribution < 1.29 is 0 Å². The molecule has 0 aliphatic rings. The standard InChI is InChI=1S/C13H16N6/c1-3-12-16-10-6-9(14)4-5-11(10)19(12)7-13-17-15-8-18(13)2/h4-6,8H,3,7,14H2,1-2H3. The lowest BCUT2D eigenvalue weighted by Crippen LogP contribution is -2.08. The Kier molecular flexibility index (Phi) is 2.70. The second kappa shape index (κ2) is 4.38. The van der Waals surface area contributed by atoms with Gasteiger partial charge in [0.25, 0.3) is 0 Å². The molecule has 0 atom stereocenters. The highest BCUT2D eigenvalue weighted by Gasteiger charge is 2.12. The maximum absolute atomic E-state index is 5.81. The predicted octanol–water partition coefficient (Wildman–Crippen LogP) is 1.36. The van der Waals surface area contributed by atoms with Crippen LogP contribution in [0.4, 0.5) is 5.69 Å². The maximum atomic E-state index is 5.81. The highest BCUT2D eigenvalue weighted by molar-refractivity contribution is 5.79. The predicted molar refractivity (Wildman–Crippen MR) is 73.6 cm³/mol. The number of aryl methyl sites for hydroxylation is 2. The van der Waals surface area contributed by atoms with Crippen molar-refractivity contribution in [3.8, 4) is 0 Å². The van der Waals surface area contributed by atoms with Crippen LogP contribution in [0.5, 0.6) is 0 Å². The Morgan fingerprint density at radius 2 is 2.11 bits per heavy atom. The number of imidazole rings is 1. The molecule has 6 heteroatoms. The Morgan fingerprint density at radius 1 is 1.26 bits per heavy atom. The number of hydrogen-bond acceptors (Lipinski definition) is 4. The second-order valence-electron chi connectivity index (χ2n) is 4.57. The van der Waals surface area contributed by atoms with Crippen LogP contribution in [0, 0.1) is 0 Å². The highest BCUT2D eigenvalue weighted by Crippen LogP contribution is 2.20. The van der Waals surface area contributed by atoms with Crippen molar-refractivity contribution in [2.75, 3.05) is 5.73 Å². The molecular weight excluding hydrogens is 240 g/mol. The molecule has 0 aliphatic heterocycles.